The van der Waals surface area contributed by atoms with Gasteiger partial charge in [0.05, 0.1) is 15.5 Å². The average molecular weight is 608 g/mol. The number of hydrogen-bond donors (Lipinski definition) is 6. The van der Waals surface area contributed by atoms with Crippen LogP contribution in [-0.2, 0) is 20.1 Å². The lowest BCUT2D eigenvalue weighted by molar-refractivity contribution is 0.0693. The van der Waals surface area contributed by atoms with Gasteiger partial charge < -0.3 is 20.8 Å². The van der Waals surface area contributed by atoms with E-state index in [1.807, 2.05) is 0 Å². The monoisotopic (exact) mass is 607 g/mol. The Bertz CT molecular complexity index is 2130. The van der Waals surface area contributed by atoms with Gasteiger partial charge in [-0.05, 0) is 82.2 Å². The number of carboxylic acids is 1. The van der Waals surface area contributed by atoms with Gasteiger partial charge in [-0.25, -0.2) is 18.0 Å². The van der Waals surface area contributed by atoms with E-state index in [4.69, 9.17) is 0 Å². The van der Waals surface area contributed by atoms with Crippen molar-refractivity contribution in [3.05, 3.63) is 96.6 Å². The van der Waals surface area contributed by atoms with Crippen molar-refractivity contribution in [3.8, 4) is 5.75 Å². The minimum atomic E-state index is -4.40. The highest BCUT2D eigenvalue weighted by Crippen LogP contribution is 2.31. The maximum Gasteiger partial charge on any atom is 0.339 e. The number of aromatic carboxylic acids is 1. The Kier molecular flexibility index (Phi) is 7.20. The summed E-state index contributed by atoms with van der Waals surface area (Å²) in [6.45, 7) is 0. The van der Waals surface area contributed by atoms with Crippen molar-refractivity contribution < 1.29 is 41.2 Å². The van der Waals surface area contributed by atoms with E-state index in [0.29, 0.717) is 32.9 Å². The topological polar surface area (TPSA) is 199 Å². The number of para-hydroxylation sites is 1. The molecule has 0 spiro atoms. The fourth-order valence-corrected chi connectivity index (χ4v) is 5.85. The molecule has 5 aromatic rings. The molecule has 0 saturated heterocycles. The number of amides is 2. The molecule has 5 rings (SSSR count). The minimum absolute atomic E-state index is 0.169. The van der Waals surface area contributed by atoms with Gasteiger partial charge in [0.1, 0.15) is 5.56 Å². The van der Waals surface area contributed by atoms with Crippen molar-refractivity contribution >= 4 is 70.7 Å². The first kappa shape index (κ1) is 28.4. The van der Waals surface area contributed by atoms with Crippen LogP contribution in [0.2, 0.25) is 0 Å². The molecule has 0 fully saturated rings. The molecular formula is C28H21N3O9S2. The van der Waals surface area contributed by atoms with Gasteiger partial charge in [0.25, 0.3) is 20.1 Å². The fourth-order valence-electron chi connectivity index (χ4n) is 4.23. The van der Waals surface area contributed by atoms with Gasteiger partial charge in [-0.15, -0.1) is 0 Å². The smallest absolute Gasteiger partial charge is 0.339 e. The van der Waals surface area contributed by atoms with Crippen molar-refractivity contribution in [2.45, 2.75) is 9.79 Å². The van der Waals surface area contributed by atoms with Crippen LogP contribution in [0.15, 0.2) is 101 Å². The molecule has 0 saturated carbocycles. The second kappa shape index (κ2) is 10.7. The third-order valence-electron chi connectivity index (χ3n) is 6.26. The van der Waals surface area contributed by atoms with Crippen molar-refractivity contribution in [1.29, 1.82) is 0 Å². The predicted octanol–water partition coefficient (Wildman–Crippen LogP) is 5.09. The van der Waals surface area contributed by atoms with Gasteiger partial charge in [-0.3, -0.25) is 9.27 Å². The molecule has 0 aromatic heterocycles. The third kappa shape index (κ3) is 5.95. The molecule has 0 heterocycles. The van der Waals surface area contributed by atoms with Crippen LogP contribution in [-0.4, -0.2) is 43.6 Å². The lowest BCUT2D eigenvalue weighted by atomic mass is 10.1. The summed E-state index contributed by atoms with van der Waals surface area (Å²) in [4.78, 5) is 23.5. The number of carboxylic acid groups (broad SMARTS) is 1. The summed E-state index contributed by atoms with van der Waals surface area (Å²) in [5.74, 6) is -2.15. The van der Waals surface area contributed by atoms with Crippen LogP contribution in [0.4, 0.5) is 21.9 Å². The van der Waals surface area contributed by atoms with E-state index in [9.17, 15) is 41.2 Å². The first-order valence-corrected chi connectivity index (χ1v) is 14.9. The van der Waals surface area contributed by atoms with Gasteiger partial charge in [0, 0.05) is 11.4 Å². The minimum Gasteiger partial charge on any atom is -0.505 e. The lowest BCUT2D eigenvalue weighted by Crippen LogP contribution is -2.19. The molecule has 0 unspecified atom stereocenters. The highest BCUT2D eigenvalue weighted by Gasteiger charge is 2.20. The molecule has 14 heteroatoms. The SMILES string of the molecule is O=C(Nc1ccc2ccc(S(=O)(=O)O)cc2c1)Nc1ccc2ccc(S(=O)(=O)Nc3cccc(C(=O)O)c3O)cc2c1. The van der Waals surface area contributed by atoms with Crippen LogP contribution < -0.4 is 15.4 Å². The maximum atomic E-state index is 13.0. The van der Waals surface area contributed by atoms with E-state index in [1.165, 1.54) is 48.5 Å². The normalized spacial score (nSPS) is 11.7. The van der Waals surface area contributed by atoms with Crippen LogP contribution in [0.3, 0.4) is 0 Å². The van der Waals surface area contributed by atoms with Crippen molar-refractivity contribution in [3.63, 3.8) is 0 Å². The highest BCUT2D eigenvalue weighted by molar-refractivity contribution is 7.92. The first-order valence-electron chi connectivity index (χ1n) is 12.0. The molecule has 6 N–H and O–H groups in total. The lowest BCUT2D eigenvalue weighted by Gasteiger charge is -2.12. The van der Waals surface area contributed by atoms with Crippen molar-refractivity contribution in [1.82, 2.24) is 0 Å². The van der Waals surface area contributed by atoms with E-state index in [-0.39, 0.29) is 15.5 Å². The van der Waals surface area contributed by atoms with Crippen LogP contribution in [0.5, 0.6) is 5.75 Å². The van der Waals surface area contributed by atoms with Gasteiger partial charge in [-0.2, -0.15) is 8.42 Å². The molecular weight excluding hydrogens is 586 g/mol. The number of phenols is 1. The van der Waals surface area contributed by atoms with Crippen LogP contribution in [0, 0.1) is 0 Å². The standard InChI is InChI=1S/C28H21N3O9S2/c32-26-24(27(33)34)2-1-3-25(26)31-41(36,37)22-10-6-16-4-8-20(12-18(16)14-22)29-28(35)30-21-9-5-17-7-11-23(42(38,39)40)15-19(17)13-21/h1-15,31-32H,(H,33,34)(H2,29,30,35)(H,38,39,40). The Morgan fingerprint density at radius 2 is 1.17 bits per heavy atom. The van der Waals surface area contributed by atoms with E-state index < -0.39 is 43.5 Å². The molecule has 5 aromatic carbocycles. The molecule has 42 heavy (non-hydrogen) atoms. The number of carbonyl (C=O) groups is 2. The number of urea groups is 1. The number of hydrogen-bond acceptors (Lipinski definition) is 7. The second-order valence-electron chi connectivity index (χ2n) is 9.11. The van der Waals surface area contributed by atoms with E-state index in [1.54, 1.807) is 36.4 Å². The second-order valence-corrected chi connectivity index (χ2v) is 12.2. The summed E-state index contributed by atoms with van der Waals surface area (Å²) >= 11 is 0. The van der Waals surface area contributed by atoms with E-state index in [0.717, 1.165) is 6.07 Å². The van der Waals surface area contributed by atoms with Gasteiger partial charge in [0.15, 0.2) is 5.75 Å². The fraction of sp³-hybridized carbons (Fsp3) is 0. The van der Waals surface area contributed by atoms with Gasteiger partial charge in [-0.1, -0.05) is 30.3 Å². The number of benzene rings is 5. The first-order chi connectivity index (χ1) is 19.8. The summed E-state index contributed by atoms with van der Waals surface area (Å²) in [5, 5.41) is 26.9. The Balaban J connectivity index is 1.35. The molecule has 0 aliphatic heterocycles. The molecule has 0 radical (unpaired) electrons. The average Bonchev–Trinajstić information content (AvgIpc) is 2.92. The molecule has 0 bridgehead atoms. The van der Waals surface area contributed by atoms with Crippen LogP contribution in [0.1, 0.15) is 10.4 Å². The van der Waals surface area contributed by atoms with Crippen LogP contribution in [0.25, 0.3) is 21.5 Å². The van der Waals surface area contributed by atoms with Gasteiger partial charge in [0.2, 0.25) is 0 Å². The summed E-state index contributed by atoms with van der Waals surface area (Å²) in [6.07, 6.45) is 0. The predicted molar refractivity (Wildman–Crippen MR) is 156 cm³/mol. The maximum absolute atomic E-state index is 13.0. The number of rotatable bonds is 7. The quantitative estimate of drug-likeness (QED) is 0.108. The van der Waals surface area contributed by atoms with Crippen LogP contribution >= 0.6 is 0 Å². The zero-order chi connectivity index (χ0) is 30.2. The Morgan fingerprint density at radius 3 is 1.71 bits per heavy atom. The largest absolute Gasteiger partial charge is 0.505 e. The molecule has 0 atom stereocenters. The molecule has 0 aliphatic rings. The summed E-state index contributed by atoms with van der Waals surface area (Å²) in [6, 6.07) is 21.0. The Labute approximate surface area is 239 Å². The molecule has 0 aliphatic carbocycles. The summed E-state index contributed by atoms with van der Waals surface area (Å²) in [7, 11) is -8.63. The number of sulfonamides is 1. The highest BCUT2D eigenvalue weighted by atomic mass is 32.2. The number of anilines is 3. The summed E-state index contributed by atoms with van der Waals surface area (Å²) in [5.41, 5.74) is -0.0778. The number of carbonyl (C=O) groups excluding carboxylic acids is 1. The Hall–Kier alpha value is -5.18. The zero-order valence-electron chi connectivity index (χ0n) is 21.3. The number of aromatic hydroxyl groups is 1. The van der Waals surface area contributed by atoms with Crippen molar-refractivity contribution in [2.75, 3.05) is 15.4 Å². The molecule has 12 nitrogen and oxygen atoms in total. The zero-order valence-corrected chi connectivity index (χ0v) is 22.9. The molecule has 2 amide bonds. The Morgan fingerprint density at radius 1 is 0.643 bits per heavy atom. The third-order valence-corrected chi connectivity index (χ3v) is 8.47. The number of fused-ring (bicyclic) bond motifs is 2. The van der Waals surface area contributed by atoms with E-state index in [2.05, 4.69) is 15.4 Å². The van der Waals surface area contributed by atoms with E-state index >= 15 is 0 Å². The number of nitrogens with one attached hydrogen (secondary N) is 3. The molecule has 214 valence electrons. The van der Waals surface area contributed by atoms with Crippen molar-refractivity contribution in [2.24, 2.45) is 0 Å². The summed E-state index contributed by atoms with van der Waals surface area (Å²) < 4.78 is 60.4. The van der Waals surface area contributed by atoms with Gasteiger partial charge >= 0.3 is 12.0 Å².